The molecule has 86 valence electrons. The van der Waals surface area contributed by atoms with Crippen molar-refractivity contribution in [3.63, 3.8) is 0 Å². The number of anilines is 1. The molecule has 6 heteroatoms. The maximum atomic E-state index is 11.4. The van der Waals surface area contributed by atoms with Crippen molar-refractivity contribution < 1.29 is 9.72 Å². The number of benzene rings is 1. The number of rotatable bonds is 3. The number of nitrogens with zero attached hydrogens (tertiary/aromatic N) is 2. The van der Waals surface area contributed by atoms with Crippen LogP contribution in [0.2, 0.25) is 0 Å². The zero-order valence-corrected chi connectivity index (χ0v) is 9.14. The number of amides is 2. The molecule has 0 spiro atoms. The monoisotopic (exact) mass is 223 g/mol. The van der Waals surface area contributed by atoms with E-state index in [4.69, 9.17) is 0 Å². The zero-order valence-electron chi connectivity index (χ0n) is 9.14. The number of carbonyl (C=O) groups is 1. The van der Waals surface area contributed by atoms with Crippen molar-refractivity contribution in [2.24, 2.45) is 0 Å². The van der Waals surface area contributed by atoms with Crippen molar-refractivity contribution in [3.8, 4) is 0 Å². The van der Waals surface area contributed by atoms with E-state index in [0.29, 0.717) is 12.2 Å². The molecule has 0 saturated heterocycles. The Morgan fingerprint density at radius 3 is 2.44 bits per heavy atom. The smallest absolute Gasteiger partial charge is 0.321 e. The number of hydrogen-bond acceptors (Lipinski definition) is 3. The number of hydrogen-bond donors (Lipinski definition) is 1. The van der Waals surface area contributed by atoms with Crippen molar-refractivity contribution in [1.29, 1.82) is 0 Å². The first kappa shape index (κ1) is 12.0. The number of carbonyl (C=O) groups excluding carboxylic acids is 1. The molecule has 0 heterocycles. The number of nitro benzene ring substituents is 1. The molecule has 0 unspecified atom stereocenters. The summed E-state index contributed by atoms with van der Waals surface area (Å²) in [6, 6.07) is 5.46. The number of non-ortho nitro benzene ring substituents is 1. The van der Waals surface area contributed by atoms with Crippen LogP contribution in [-0.2, 0) is 0 Å². The molecule has 0 aliphatic carbocycles. The van der Waals surface area contributed by atoms with Crippen molar-refractivity contribution in [1.82, 2.24) is 4.90 Å². The number of nitro groups is 1. The summed E-state index contributed by atoms with van der Waals surface area (Å²) >= 11 is 0. The molecular formula is C10H13N3O3. The second-order valence-corrected chi connectivity index (χ2v) is 3.25. The lowest BCUT2D eigenvalue weighted by atomic mass is 10.3. The summed E-state index contributed by atoms with van der Waals surface area (Å²) in [5.41, 5.74) is 0.540. The van der Waals surface area contributed by atoms with Crippen LogP contribution in [0.5, 0.6) is 0 Å². The summed E-state index contributed by atoms with van der Waals surface area (Å²) in [5, 5.41) is 13.0. The fourth-order valence-electron chi connectivity index (χ4n) is 1.03. The summed E-state index contributed by atoms with van der Waals surface area (Å²) in [6.07, 6.45) is 0. The normalized spacial score (nSPS) is 9.62. The van der Waals surface area contributed by atoms with Gasteiger partial charge in [-0.25, -0.2) is 4.79 Å². The second-order valence-electron chi connectivity index (χ2n) is 3.25. The highest BCUT2D eigenvalue weighted by Crippen LogP contribution is 2.15. The van der Waals surface area contributed by atoms with Gasteiger partial charge in [0.1, 0.15) is 0 Å². The SMILES string of the molecule is CCN(C)C(=O)Nc1ccc([N+](=O)[O-])cc1. The van der Waals surface area contributed by atoms with E-state index in [0.717, 1.165) is 0 Å². The Balaban J connectivity index is 2.69. The molecule has 0 aliphatic rings. The standard InChI is InChI=1S/C10H13N3O3/c1-3-12(2)10(14)11-8-4-6-9(7-5-8)13(15)16/h4-7H,3H2,1-2H3,(H,11,14). The van der Waals surface area contributed by atoms with E-state index >= 15 is 0 Å². The van der Waals surface area contributed by atoms with Crippen LogP contribution in [-0.4, -0.2) is 29.4 Å². The first-order valence-corrected chi connectivity index (χ1v) is 4.81. The van der Waals surface area contributed by atoms with Crippen molar-refractivity contribution in [2.45, 2.75) is 6.92 Å². The topological polar surface area (TPSA) is 75.5 Å². The van der Waals surface area contributed by atoms with Crippen molar-refractivity contribution in [3.05, 3.63) is 34.4 Å². The van der Waals surface area contributed by atoms with Gasteiger partial charge >= 0.3 is 6.03 Å². The Morgan fingerprint density at radius 2 is 2.00 bits per heavy atom. The van der Waals surface area contributed by atoms with E-state index < -0.39 is 4.92 Å². The molecule has 0 saturated carbocycles. The average Bonchev–Trinajstić information content (AvgIpc) is 2.28. The minimum absolute atomic E-state index is 0.00171. The Hall–Kier alpha value is -2.11. The van der Waals surface area contributed by atoms with E-state index in [1.54, 1.807) is 7.05 Å². The molecule has 6 nitrogen and oxygen atoms in total. The fourth-order valence-corrected chi connectivity index (χ4v) is 1.03. The third kappa shape index (κ3) is 2.94. The van der Waals surface area contributed by atoms with Gasteiger partial charge in [0, 0.05) is 31.4 Å². The minimum atomic E-state index is -0.482. The molecule has 0 aliphatic heterocycles. The van der Waals surface area contributed by atoms with Gasteiger partial charge in [-0.05, 0) is 19.1 Å². The Morgan fingerprint density at radius 1 is 1.44 bits per heavy atom. The highest BCUT2D eigenvalue weighted by molar-refractivity contribution is 5.89. The first-order chi connectivity index (χ1) is 7.54. The van der Waals surface area contributed by atoms with Gasteiger partial charge in [0.2, 0.25) is 0 Å². The molecule has 0 radical (unpaired) electrons. The fraction of sp³-hybridized carbons (Fsp3) is 0.300. The van der Waals surface area contributed by atoms with Gasteiger partial charge in [0.15, 0.2) is 0 Å². The van der Waals surface area contributed by atoms with Crippen LogP contribution in [0, 0.1) is 10.1 Å². The Kier molecular flexibility index (Phi) is 3.82. The zero-order chi connectivity index (χ0) is 12.1. The van der Waals surface area contributed by atoms with E-state index in [1.165, 1.54) is 29.2 Å². The third-order valence-electron chi connectivity index (χ3n) is 2.15. The summed E-state index contributed by atoms with van der Waals surface area (Å²) in [5.74, 6) is 0. The molecule has 0 fully saturated rings. The van der Waals surface area contributed by atoms with E-state index in [9.17, 15) is 14.9 Å². The molecule has 1 N–H and O–H groups in total. The van der Waals surface area contributed by atoms with Crippen LogP contribution in [0.3, 0.4) is 0 Å². The van der Waals surface area contributed by atoms with Crippen LogP contribution in [0.15, 0.2) is 24.3 Å². The highest BCUT2D eigenvalue weighted by atomic mass is 16.6. The lowest BCUT2D eigenvalue weighted by molar-refractivity contribution is -0.384. The van der Waals surface area contributed by atoms with Crippen molar-refractivity contribution >= 4 is 17.4 Å². The van der Waals surface area contributed by atoms with Gasteiger partial charge < -0.3 is 10.2 Å². The van der Waals surface area contributed by atoms with E-state index in [2.05, 4.69) is 5.32 Å². The molecule has 0 bridgehead atoms. The quantitative estimate of drug-likeness (QED) is 0.629. The lowest BCUT2D eigenvalue weighted by Crippen LogP contribution is -2.30. The molecule has 2 amide bonds. The number of urea groups is 1. The highest BCUT2D eigenvalue weighted by Gasteiger charge is 2.08. The molecule has 0 aromatic heterocycles. The van der Waals surface area contributed by atoms with Crippen LogP contribution in [0.4, 0.5) is 16.2 Å². The predicted octanol–water partition coefficient (Wildman–Crippen LogP) is 2.08. The molecule has 1 aromatic rings. The van der Waals surface area contributed by atoms with E-state index in [-0.39, 0.29) is 11.7 Å². The Labute approximate surface area is 93.0 Å². The average molecular weight is 223 g/mol. The Bertz CT molecular complexity index is 389. The molecular weight excluding hydrogens is 210 g/mol. The first-order valence-electron chi connectivity index (χ1n) is 4.81. The lowest BCUT2D eigenvalue weighted by Gasteiger charge is -2.15. The van der Waals surface area contributed by atoms with Gasteiger partial charge in [0.05, 0.1) is 4.92 Å². The third-order valence-corrected chi connectivity index (χ3v) is 2.15. The molecule has 0 atom stereocenters. The van der Waals surface area contributed by atoms with Gasteiger partial charge in [-0.2, -0.15) is 0 Å². The second kappa shape index (κ2) is 5.11. The largest absolute Gasteiger partial charge is 0.328 e. The van der Waals surface area contributed by atoms with Crippen LogP contribution in [0.1, 0.15) is 6.92 Å². The van der Waals surface area contributed by atoms with Gasteiger partial charge in [-0.3, -0.25) is 10.1 Å². The molecule has 1 aromatic carbocycles. The molecule has 1 rings (SSSR count). The minimum Gasteiger partial charge on any atom is -0.328 e. The van der Waals surface area contributed by atoms with E-state index in [1.807, 2.05) is 6.92 Å². The van der Waals surface area contributed by atoms with Gasteiger partial charge in [0.25, 0.3) is 5.69 Å². The summed E-state index contributed by atoms with van der Waals surface area (Å²) in [4.78, 5) is 22.9. The number of nitrogens with one attached hydrogen (secondary N) is 1. The van der Waals surface area contributed by atoms with Crippen LogP contribution < -0.4 is 5.32 Å². The maximum absolute atomic E-state index is 11.4. The predicted molar refractivity (Wildman–Crippen MR) is 60.4 cm³/mol. The summed E-state index contributed by atoms with van der Waals surface area (Å²) in [7, 11) is 1.67. The van der Waals surface area contributed by atoms with Gasteiger partial charge in [-0.1, -0.05) is 0 Å². The van der Waals surface area contributed by atoms with Crippen LogP contribution in [0.25, 0.3) is 0 Å². The van der Waals surface area contributed by atoms with Crippen molar-refractivity contribution in [2.75, 3.05) is 18.9 Å². The van der Waals surface area contributed by atoms with Crippen LogP contribution >= 0.6 is 0 Å². The molecule has 16 heavy (non-hydrogen) atoms. The summed E-state index contributed by atoms with van der Waals surface area (Å²) in [6.45, 7) is 2.45. The van der Waals surface area contributed by atoms with Gasteiger partial charge in [-0.15, -0.1) is 0 Å². The maximum Gasteiger partial charge on any atom is 0.321 e. The summed E-state index contributed by atoms with van der Waals surface area (Å²) < 4.78 is 0.